The zero-order valence-electron chi connectivity index (χ0n) is 23.0. The van der Waals surface area contributed by atoms with E-state index in [-0.39, 0.29) is 10.8 Å². The van der Waals surface area contributed by atoms with Gasteiger partial charge >= 0.3 is 0 Å². The summed E-state index contributed by atoms with van der Waals surface area (Å²) in [5.74, 6) is -0.489. The van der Waals surface area contributed by atoms with Crippen LogP contribution in [-0.2, 0) is 16.3 Å². The third-order valence-corrected chi connectivity index (χ3v) is 8.71. The minimum absolute atomic E-state index is 0.127. The van der Waals surface area contributed by atoms with Gasteiger partial charge in [-0.15, -0.1) is 0 Å². The second-order valence-corrected chi connectivity index (χ2v) is 12.0. The molecule has 1 N–H and O–H groups in total. The van der Waals surface area contributed by atoms with Crippen LogP contribution in [0.3, 0.4) is 0 Å². The Morgan fingerprint density at radius 2 is 1.82 bits per heavy atom. The first-order chi connectivity index (χ1) is 19.1. The fourth-order valence-corrected chi connectivity index (χ4v) is 6.29. The predicted molar refractivity (Wildman–Crippen MR) is 153 cm³/mol. The van der Waals surface area contributed by atoms with E-state index >= 15 is 0 Å². The molecule has 1 atom stereocenters. The molecule has 2 aromatic heterocycles. The van der Waals surface area contributed by atoms with Gasteiger partial charge in [-0.05, 0) is 71.8 Å². The standard InChI is InChI=1S/C31H32N4O4S/c1-5-6-10-27-34-30(36)29(31(37)35(27)28(20(2)3)24-9-7-8-22(17-24)18-32)40(38,39)25-13-11-23(12-14-25)26-15-16-33-19-21(26)4/h7-9,11-17,19-20,28,37H,5-6,10H2,1-4H3. The number of rotatable bonds is 9. The average Bonchev–Trinajstić information content (AvgIpc) is 2.93. The molecule has 4 rings (SSSR count). The second kappa shape index (κ2) is 11.8. The van der Waals surface area contributed by atoms with Crippen molar-refractivity contribution in [3.63, 3.8) is 0 Å². The van der Waals surface area contributed by atoms with Crippen LogP contribution in [-0.4, -0.2) is 28.1 Å². The van der Waals surface area contributed by atoms with Crippen molar-refractivity contribution in [1.82, 2.24) is 14.5 Å². The number of aromatic hydroxyl groups is 1. The first-order valence-corrected chi connectivity index (χ1v) is 14.7. The van der Waals surface area contributed by atoms with Crippen molar-refractivity contribution in [2.75, 3.05) is 0 Å². The number of hydrogen-bond acceptors (Lipinski definition) is 7. The van der Waals surface area contributed by atoms with E-state index in [2.05, 4.69) is 16.0 Å². The van der Waals surface area contributed by atoms with Crippen LogP contribution in [0.2, 0.25) is 0 Å². The summed E-state index contributed by atoms with van der Waals surface area (Å²) < 4.78 is 29.1. The highest BCUT2D eigenvalue weighted by Crippen LogP contribution is 2.36. The Bertz CT molecular complexity index is 1740. The molecule has 0 aliphatic carbocycles. The first kappa shape index (κ1) is 28.7. The van der Waals surface area contributed by atoms with Gasteiger partial charge in [0.2, 0.25) is 15.7 Å². The van der Waals surface area contributed by atoms with E-state index < -0.39 is 32.2 Å². The molecule has 0 bridgehead atoms. The summed E-state index contributed by atoms with van der Waals surface area (Å²) >= 11 is 0. The van der Waals surface area contributed by atoms with Crippen molar-refractivity contribution in [2.45, 2.75) is 62.8 Å². The molecule has 206 valence electrons. The molecule has 1 unspecified atom stereocenters. The number of pyridine rings is 1. The molecule has 0 fully saturated rings. The van der Waals surface area contributed by atoms with E-state index in [0.29, 0.717) is 29.8 Å². The molecule has 0 aliphatic heterocycles. The lowest BCUT2D eigenvalue weighted by atomic mass is 9.94. The van der Waals surface area contributed by atoms with Gasteiger partial charge in [0.05, 0.1) is 22.6 Å². The maximum Gasteiger partial charge on any atom is 0.296 e. The van der Waals surface area contributed by atoms with Gasteiger partial charge in [0.25, 0.3) is 5.56 Å². The van der Waals surface area contributed by atoms with Crippen LogP contribution in [0.1, 0.15) is 62.2 Å². The molecule has 0 saturated heterocycles. The number of benzene rings is 2. The summed E-state index contributed by atoms with van der Waals surface area (Å²) in [4.78, 5) is 20.7. The molecule has 9 heteroatoms. The minimum Gasteiger partial charge on any atom is -0.493 e. The van der Waals surface area contributed by atoms with Crippen LogP contribution in [0.5, 0.6) is 5.88 Å². The highest BCUT2D eigenvalue weighted by atomic mass is 32.2. The lowest BCUT2D eigenvalue weighted by molar-refractivity contribution is 0.326. The Morgan fingerprint density at radius 3 is 2.45 bits per heavy atom. The van der Waals surface area contributed by atoms with Crippen LogP contribution in [0.4, 0.5) is 0 Å². The Hall–Kier alpha value is -4.29. The van der Waals surface area contributed by atoms with Crippen LogP contribution in [0.15, 0.2) is 81.6 Å². The molecule has 2 aromatic carbocycles. The largest absolute Gasteiger partial charge is 0.493 e. The average molecular weight is 557 g/mol. The SMILES string of the molecule is CCCCc1nc(=O)c(S(=O)(=O)c2ccc(-c3ccncc3C)cc2)c(O)n1C(c1cccc(C#N)c1)C(C)C. The van der Waals surface area contributed by atoms with Crippen LogP contribution in [0.25, 0.3) is 11.1 Å². The van der Waals surface area contributed by atoms with Crippen molar-refractivity contribution in [3.8, 4) is 23.1 Å². The van der Waals surface area contributed by atoms with Crippen molar-refractivity contribution in [3.05, 3.63) is 99.9 Å². The summed E-state index contributed by atoms with van der Waals surface area (Å²) in [7, 11) is -4.43. The molecule has 0 amide bonds. The number of aromatic nitrogens is 3. The number of aryl methyl sites for hydroxylation is 2. The van der Waals surface area contributed by atoms with Crippen LogP contribution < -0.4 is 5.56 Å². The van der Waals surface area contributed by atoms with E-state index in [0.717, 1.165) is 23.1 Å². The Morgan fingerprint density at radius 1 is 1.10 bits per heavy atom. The van der Waals surface area contributed by atoms with E-state index in [1.54, 1.807) is 42.7 Å². The third-order valence-electron chi connectivity index (χ3n) is 6.92. The highest BCUT2D eigenvalue weighted by molar-refractivity contribution is 7.91. The van der Waals surface area contributed by atoms with Crippen molar-refractivity contribution >= 4 is 9.84 Å². The second-order valence-electron chi connectivity index (χ2n) is 10.1. The maximum absolute atomic E-state index is 13.8. The lowest BCUT2D eigenvalue weighted by Gasteiger charge is -2.29. The summed E-state index contributed by atoms with van der Waals surface area (Å²) in [5.41, 5.74) is 2.78. The quantitative estimate of drug-likeness (QED) is 0.284. The fraction of sp³-hybridized carbons (Fsp3) is 0.290. The van der Waals surface area contributed by atoms with Crippen molar-refractivity contribution in [2.24, 2.45) is 5.92 Å². The monoisotopic (exact) mass is 556 g/mol. The van der Waals surface area contributed by atoms with Crippen molar-refractivity contribution < 1.29 is 13.5 Å². The molecular formula is C31H32N4O4S. The maximum atomic E-state index is 13.8. The van der Waals surface area contributed by atoms with Gasteiger partial charge in [-0.1, -0.05) is 51.5 Å². The van der Waals surface area contributed by atoms with Crippen LogP contribution in [0, 0.1) is 24.2 Å². The molecule has 2 heterocycles. The number of sulfone groups is 1. The Kier molecular flexibility index (Phi) is 8.50. The van der Waals surface area contributed by atoms with Gasteiger partial charge in [0.1, 0.15) is 5.82 Å². The summed E-state index contributed by atoms with van der Waals surface area (Å²) in [6.45, 7) is 7.77. The Labute approximate surface area is 234 Å². The van der Waals surface area contributed by atoms with E-state index in [1.165, 1.54) is 16.7 Å². The number of nitriles is 1. The molecule has 4 aromatic rings. The van der Waals surface area contributed by atoms with Crippen molar-refractivity contribution in [1.29, 1.82) is 5.26 Å². The lowest BCUT2D eigenvalue weighted by Crippen LogP contribution is -2.29. The zero-order chi connectivity index (χ0) is 29.0. The summed E-state index contributed by atoms with van der Waals surface area (Å²) in [5, 5.41) is 21.1. The molecule has 40 heavy (non-hydrogen) atoms. The molecule has 8 nitrogen and oxygen atoms in total. The zero-order valence-corrected chi connectivity index (χ0v) is 23.8. The third kappa shape index (κ3) is 5.54. The van der Waals surface area contributed by atoms with Gasteiger partial charge in [0, 0.05) is 18.8 Å². The van der Waals surface area contributed by atoms with Gasteiger partial charge in [-0.25, -0.2) is 8.42 Å². The molecule has 0 saturated carbocycles. The number of unbranched alkanes of at least 4 members (excludes halogenated alkanes) is 1. The molecule has 0 spiro atoms. The summed E-state index contributed by atoms with van der Waals surface area (Å²) in [6.07, 6.45) is 5.27. The topological polar surface area (TPSA) is 126 Å². The number of hydrogen-bond donors (Lipinski definition) is 1. The normalized spacial score (nSPS) is 12.3. The van der Waals surface area contributed by atoms with Gasteiger partial charge in [0.15, 0.2) is 4.90 Å². The smallest absolute Gasteiger partial charge is 0.296 e. The summed E-state index contributed by atoms with van der Waals surface area (Å²) in [6, 6.07) is 16.5. The van der Waals surface area contributed by atoms with E-state index in [1.807, 2.05) is 39.8 Å². The first-order valence-electron chi connectivity index (χ1n) is 13.2. The Balaban J connectivity index is 1.91. The minimum atomic E-state index is -4.43. The number of nitrogens with zero attached hydrogens (tertiary/aromatic N) is 4. The molecule has 0 radical (unpaired) electrons. The van der Waals surface area contributed by atoms with E-state index in [9.17, 15) is 23.6 Å². The predicted octanol–water partition coefficient (Wildman–Crippen LogP) is 5.61. The van der Waals surface area contributed by atoms with Gasteiger partial charge in [-0.2, -0.15) is 10.2 Å². The van der Waals surface area contributed by atoms with Gasteiger partial charge in [-0.3, -0.25) is 14.3 Å². The van der Waals surface area contributed by atoms with E-state index in [4.69, 9.17) is 0 Å². The molecule has 0 aliphatic rings. The van der Waals surface area contributed by atoms with Gasteiger partial charge < -0.3 is 5.11 Å². The highest BCUT2D eigenvalue weighted by Gasteiger charge is 2.33. The van der Waals surface area contributed by atoms with Crippen LogP contribution >= 0.6 is 0 Å². The molecular weight excluding hydrogens is 524 g/mol. The fourth-order valence-electron chi connectivity index (χ4n) is 4.94.